The number of nitrogen functional groups attached to an aromatic ring is 1. The SMILES string of the molecule is Nc1ncnc2c1ncn2C[C@@H](O)[C@H]1COC2(CCCCC2)O1. The lowest BCUT2D eigenvalue weighted by Gasteiger charge is -2.32. The summed E-state index contributed by atoms with van der Waals surface area (Å²) in [6.45, 7) is 0.752. The molecule has 2 atom stereocenters. The first-order valence-corrected chi connectivity index (χ1v) is 8.08. The van der Waals surface area contributed by atoms with Crippen LogP contribution in [0.3, 0.4) is 0 Å². The van der Waals surface area contributed by atoms with E-state index in [1.807, 2.05) is 0 Å². The van der Waals surface area contributed by atoms with Crippen LogP contribution in [0, 0.1) is 0 Å². The number of nitrogens with two attached hydrogens (primary N) is 1. The first kappa shape index (κ1) is 14.8. The van der Waals surface area contributed by atoms with Gasteiger partial charge in [-0.1, -0.05) is 6.42 Å². The second kappa shape index (κ2) is 5.70. The van der Waals surface area contributed by atoms with Crippen molar-refractivity contribution in [2.45, 2.75) is 56.6 Å². The molecule has 2 aromatic rings. The van der Waals surface area contributed by atoms with E-state index in [9.17, 15) is 5.11 Å². The normalized spacial score (nSPS) is 25.2. The third-order valence-electron chi connectivity index (χ3n) is 4.73. The van der Waals surface area contributed by atoms with Crippen LogP contribution in [0.4, 0.5) is 5.82 Å². The Balaban J connectivity index is 1.47. The van der Waals surface area contributed by atoms with Gasteiger partial charge in [-0.05, 0) is 12.8 Å². The predicted octanol–water partition coefficient (Wildman–Crippen LogP) is 0.845. The highest BCUT2D eigenvalue weighted by atomic mass is 16.7. The molecule has 0 aromatic carbocycles. The lowest BCUT2D eigenvalue weighted by Crippen LogP contribution is -2.37. The highest BCUT2D eigenvalue weighted by Crippen LogP contribution is 2.38. The van der Waals surface area contributed by atoms with Gasteiger partial charge in [0.05, 0.1) is 19.5 Å². The Bertz CT molecular complexity index is 697. The highest BCUT2D eigenvalue weighted by Gasteiger charge is 2.44. The molecule has 3 N–H and O–H groups in total. The van der Waals surface area contributed by atoms with Crippen LogP contribution in [0.1, 0.15) is 32.1 Å². The molecule has 1 saturated carbocycles. The maximum Gasteiger partial charge on any atom is 0.169 e. The number of hydrogen-bond acceptors (Lipinski definition) is 7. The summed E-state index contributed by atoms with van der Waals surface area (Å²) in [5, 5.41) is 10.5. The fourth-order valence-corrected chi connectivity index (χ4v) is 3.47. The summed E-state index contributed by atoms with van der Waals surface area (Å²) in [4.78, 5) is 12.3. The van der Waals surface area contributed by atoms with Crippen molar-refractivity contribution in [3.63, 3.8) is 0 Å². The first-order chi connectivity index (χ1) is 11.2. The molecule has 0 unspecified atom stereocenters. The molecule has 1 saturated heterocycles. The van der Waals surface area contributed by atoms with Gasteiger partial charge in [0.15, 0.2) is 17.3 Å². The molecule has 1 aliphatic carbocycles. The van der Waals surface area contributed by atoms with Crippen molar-refractivity contribution in [2.24, 2.45) is 0 Å². The van der Waals surface area contributed by atoms with E-state index in [-0.39, 0.29) is 6.10 Å². The van der Waals surface area contributed by atoms with Gasteiger partial charge in [-0.2, -0.15) is 0 Å². The lowest BCUT2D eigenvalue weighted by atomic mass is 9.94. The lowest BCUT2D eigenvalue weighted by molar-refractivity contribution is -0.196. The molecular formula is C15H21N5O3. The molecule has 124 valence electrons. The summed E-state index contributed by atoms with van der Waals surface area (Å²) in [7, 11) is 0. The van der Waals surface area contributed by atoms with Gasteiger partial charge in [0.25, 0.3) is 0 Å². The zero-order valence-electron chi connectivity index (χ0n) is 12.9. The monoisotopic (exact) mass is 319 g/mol. The van der Waals surface area contributed by atoms with Gasteiger partial charge in [-0.15, -0.1) is 0 Å². The van der Waals surface area contributed by atoms with E-state index in [4.69, 9.17) is 15.2 Å². The van der Waals surface area contributed by atoms with Gasteiger partial charge in [-0.25, -0.2) is 15.0 Å². The molecule has 2 fully saturated rings. The van der Waals surface area contributed by atoms with Crippen LogP contribution in [0.25, 0.3) is 11.2 Å². The maximum atomic E-state index is 10.5. The number of rotatable bonds is 3. The second-order valence-corrected chi connectivity index (χ2v) is 6.33. The fourth-order valence-electron chi connectivity index (χ4n) is 3.47. The third kappa shape index (κ3) is 2.66. The Morgan fingerprint density at radius 3 is 2.96 bits per heavy atom. The van der Waals surface area contributed by atoms with E-state index in [1.54, 1.807) is 10.9 Å². The van der Waals surface area contributed by atoms with Gasteiger partial charge in [0.2, 0.25) is 0 Å². The number of hydrogen-bond donors (Lipinski definition) is 2. The summed E-state index contributed by atoms with van der Waals surface area (Å²) >= 11 is 0. The molecule has 8 heteroatoms. The van der Waals surface area contributed by atoms with Crippen LogP contribution in [0.2, 0.25) is 0 Å². The third-order valence-corrected chi connectivity index (χ3v) is 4.73. The topological polar surface area (TPSA) is 108 Å². The number of nitrogens with zero attached hydrogens (tertiary/aromatic N) is 4. The van der Waals surface area contributed by atoms with Crippen molar-refractivity contribution in [1.82, 2.24) is 19.5 Å². The van der Waals surface area contributed by atoms with Crippen LogP contribution in [-0.4, -0.2) is 49.2 Å². The molecule has 23 heavy (non-hydrogen) atoms. The Hall–Kier alpha value is -1.77. The first-order valence-electron chi connectivity index (χ1n) is 8.08. The number of fused-ring (bicyclic) bond motifs is 1. The minimum absolute atomic E-state index is 0.329. The Kier molecular flexibility index (Phi) is 3.67. The Labute approximate surface area is 133 Å². The molecule has 3 heterocycles. The molecule has 1 spiro atoms. The van der Waals surface area contributed by atoms with Gasteiger partial charge < -0.3 is 24.9 Å². The van der Waals surface area contributed by atoms with Crippen molar-refractivity contribution in [1.29, 1.82) is 0 Å². The molecule has 4 rings (SSSR count). The zero-order valence-corrected chi connectivity index (χ0v) is 12.9. The summed E-state index contributed by atoms with van der Waals surface area (Å²) in [5.74, 6) is -0.141. The fraction of sp³-hybridized carbons (Fsp3) is 0.667. The van der Waals surface area contributed by atoms with E-state index in [1.165, 1.54) is 12.7 Å². The highest BCUT2D eigenvalue weighted by molar-refractivity contribution is 5.81. The second-order valence-electron chi connectivity index (χ2n) is 6.33. The molecule has 0 bridgehead atoms. The summed E-state index contributed by atoms with van der Waals surface area (Å²) in [6, 6.07) is 0. The average Bonchev–Trinajstić information content (AvgIpc) is 3.15. The summed E-state index contributed by atoms with van der Waals surface area (Å²) in [5.41, 5.74) is 6.94. The van der Waals surface area contributed by atoms with Crippen molar-refractivity contribution >= 4 is 17.0 Å². The number of ether oxygens (including phenoxy) is 2. The molecular weight excluding hydrogens is 298 g/mol. The molecule has 2 aliphatic rings. The molecule has 0 radical (unpaired) electrons. The van der Waals surface area contributed by atoms with E-state index >= 15 is 0 Å². The predicted molar refractivity (Wildman–Crippen MR) is 82.4 cm³/mol. The van der Waals surface area contributed by atoms with Gasteiger partial charge in [0.1, 0.15) is 24.1 Å². The van der Waals surface area contributed by atoms with Gasteiger partial charge >= 0.3 is 0 Å². The number of imidazole rings is 1. The van der Waals surface area contributed by atoms with Crippen molar-refractivity contribution in [3.8, 4) is 0 Å². The molecule has 0 amide bonds. The van der Waals surface area contributed by atoms with Crippen molar-refractivity contribution < 1.29 is 14.6 Å². The van der Waals surface area contributed by atoms with Crippen molar-refractivity contribution in [3.05, 3.63) is 12.7 Å². The number of aliphatic hydroxyl groups is 1. The van der Waals surface area contributed by atoms with E-state index in [0.717, 1.165) is 25.7 Å². The molecule has 1 aliphatic heterocycles. The molecule has 2 aromatic heterocycles. The van der Waals surface area contributed by atoms with Crippen LogP contribution < -0.4 is 5.73 Å². The van der Waals surface area contributed by atoms with Crippen LogP contribution in [0.15, 0.2) is 12.7 Å². The van der Waals surface area contributed by atoms with Crippen molar-refractivity contribution in [2.75, 3.05) is 12.3 Å². The van der Waals surface area contributed by atoms with Gasteiger partial charge in [-0.3, -0.25) is 0 Å². The number of aromatic nitrogens is 4. The van der Waals surface area contributed by atoms with Crippen LogP contribution in [0.5, 0.6) is 0 Å². The average molecular weight is 319 g/mol. The largest absolute Gasteiger partial charge is 0.388 e. The van der Waals surface area contributed by atoms with E-state index in [0.29, 0.717) is 30.1 Å². The number of aliphatic hydroxyl groups excluding tert-OH is 1. The van der Waals surface area contributed by atoms with Crippen LogP contribution >= 0.6 is 0 Å². The standard InChI is InChI=1S/C15H21N5O3/c16-13-12-14(18-8-17-13)20(9-19-12)6-10(21)11-7-22-15(23-11)4-2-1-3-5-15/h8-11,21H,1-7H2,(H2,16,17,18)/t10-,11-/m1/s1. The zero-order chi connectivity index (χ0) is 15.9. The minimum atomic E-state index is -0.690. The van der Waals surface area contributed by atoms with E-state index in [2.05, 4.69) is 15.0 Å². The summed E-state index contributed by atoms with van der Waals surface area (Å²) in [6.07, 6.45) is 7.27. The Morgan fingerprint density at radius 2 is 2.13 bits per heavy atom. The Morgan fingerprint density at radius 1 is 1.30 bits per heavy atom. The summed E-state index contributed by atoms with van der Waals surface area (Å²) < 4.78 is 13.7. The van der Waals surface area contributed by atoms with Crippen LogP contribution in [-0.2, 0) is 16.0 Å². The smallest absolute Gasteiger partial charge is 0.169 e. The van der Waals surface area contributed by atoms with Gasteiger partial charge in [0, 0.05) is 12.8 Å². The quantitative estimate of drug-likeness (QED) is 0.863. The number of anilines is 1. The van der Waals surface area contributed by atoms with E-state index < -0.39 is 11.9 Å². The maximum absolute atomic E-state index is 10.5. The minimum Gasteiger partial charge on any atom is -0.388 e. The molecule has 8 nitrogen and oxygen atoms in total.